The monoisotopic (exact) mass is 369 g/mol. The Hall–Kier alpha value is -1.39. The lowest BCUT2D eigenvalue weighted by molar-refractivity contribution is 0.413. The van der Waals surface area contributed by atoms with E-state index >= 15 is 0 Å². The summed E-state index contributed by atoms with van der Waals surface area (Å²) in [5.74, 6) is 0.944. The van der Waals surface area contributed by atoms with Gasteiger partial charge in [0.05, 0.1) is 23.3 Å². The lowest BCUT2D eigenvalue weighted by Gasteiger charge is -2.20. The fourth-order valence-corrected chi connectivity index (χ4v) is 3.18. The Morgan fingerprint density at radius 1 is 1.29 bits per heavy atom. The lowest BCUT2D eigenvalue weighted by atomic mass is 10.0. The van der Waals surface area contributed by atoms with Gasteiger partial charge in [-0.05, 0) is 48.0 Å². The topological polar surface area (TPSA) is 41.5 Å². The van der Waals surface area contributed by atoms with Crippen LogP contribution in [0, 0.1) is 6.92 Å². The van der Waals surface area contributed by atoms with Crippen LogP contribution in [0.3, 0.4) is 0 Å². The molecule has 1 unspecified atom stereocenters. The number of hydrogen-bond acceptors (Lipinski definition) is 3. The van der Waals surface area contributed by atoms with Gasteiger partial charge >= 0.3 is 0 Å². The average Bonchev–Trinajstić information content (AvgIpc) is 2.41. The Labute approximate surface area is 138 Å². The maximum absolute atomic E-state index is 10.0. The number of aryl methyl sites for hydroxylation is 1. The number of halogens is 2. The van der Waals surface area contributed by atoms with Gasteiger partial charge in [-0.25, -0.2) is 0 Å². The van der Waals surface area contributed by atoms with E-state index in [4.69, 9.17) is 16.3 Å². The van der Waals surface area contributed by atoms with Crippen LogP contribution in [-0.2, 0) is 0 Å². The summed E-state index contributed by atoms with van der Waals surface area (Å²) in [6.07, 6.45) is 0. The molecule has 0 aliphatic heterocycles. The average molecular weight is 371 g/mol. The Morgan fingerprint density at radius 2 is 2.00 bits per heavy atom. The van der Waals surface area contributed by atoms with E-state index in [1.165, 1.54) is 0 Å². The van der Waals surface area contributed by atoms with E-state index in [0.29, 0.717) is 10.8 Å². The van der Waals surface area contributed by atoms with Gasteiger partial charge in [-0.3, -0.25) is 0 Å². The molecule has 2 aromatic carbocycles. The molecule has 3 nitrogen and oxygen atoms in total. The van der Waals surface area contributed by atoms with E-state index in [-0.39, 0.29) is 11.8 Å². The Morgan fingerprint density at radius 3 is 2.67 bits per heavy atom. The number of aromatic hydroxyl groups is 1. The molecule has 112 valence electrons. The third-order valence-corrected chi connectivity index (χ3v) is 4.04. The molecule has 21 heavy (non-hydrogen) atoms. The second kappa shape index (κ2) is 6.58. The molecule has 0 aromatic heterocycles. The second-order valence-corrected chi connectivity index (χ2v) is 6.19. The quantitative estimate of drug-likeness (QED) is 0.767. The first-order chi connectivity index (χ1) is 9.92. The van der Waals surface area contributed by atoms with E-state index in [2.05, 4.69) is 21.2 Å². The van der Waals surface area contributed by atoms with Crippen molar-refractivity contribution in [2.24, 2.45) is 0 Å². The van der Waals surface area contributed by atoms with Crippen LogP contribution in [0.4, 0.5) is 5.69 Å². The summed E-state index contributed by atoms with van der Waals surface area (Å²) < 4.78 is 6.17. The SMILES string of the molecule is COc1c(Br)cc(Cl)cc1NC(C)c1cc(C)ccc1O. The predicted octanol–water partition coefficient (Wildman–Crippen LogP) is 5.30. The van der Waals surface area contributed by atoms with Crippen molar-refractivity contribution in [1.29, 1.82) is 0 Å². The zero-order valence-corrected chi connectivity index (χ0v) is 14.4. The highest BCUT2D eigenvalue weighted by atomic mass is 79.9. The van der Waals surface area contributed by atoms with Gasteiger partial charge in [-0.2, -0.15) is 0 Å². The highest BCUT2D eigenvalue weighted by Crippen LogP contribution is 2.38. The number of ether oxygens (including phenoxy) is 1. The number of methoxy groups -OCH3 is 1. The van der Waals surface area contributed by atoms with Crippen molar-refractivity contribution >= 4 is 33.2 Å². The minimum absolute atomic E-state index is 0.0934. The van der Waals surface area contributed by atoms with Gasteiger partial charge in [-0.1, -0.05) is 29.3 Å². The highest BCUT2D eigenvalue weighted by Gasteiger charge is 2.15. The standard InChI is InChI=1S/C16H17BrClNO2/c1-9-4-5-15(20)12(6-9)10(2)19-14-8-11(18)7-13(17)16(14)21-3/h4-8,10,19-20H,1-3H3. The van der Waals surface area contributed by atoms with Crippen LogP contribution in [0.1, 0.15) is 24.1 Å². The fourth-order valence-electron chi connectivity index (χ4n) is 2.21. The second-order valence-electron chi connectivity index (χ2n) is 4.90. The molecular weight excluding hydrogens is 354 g/mol. The summed E-state index contributed by atoms with van der Waals surface area (Å²) >= 11 is 9.52. The minimum atomic E-state index is -0.0934. The smallest absolute Gasteiger partial charge is 0.156 e. The summed E-state index contributed by atoms with van der Waals surface area (Å²) in [5, 5.41) is 13.9. The molecule has 2 rings (SSSR count). The number of anilines is 1. The van der Waals surface area contributed by atoms with Gasteiger partial charge in [0.25, 0.3) is 0 Å². The van der Waals surface area contributed by atoms with E-state index in [1.54, 1.807) is 25.3 Å². The summed E-state index contributed by atoms with van der Waals surface area (Å²) in [6.45, 7) is 3.97. The van der Waals surface area contributed by atoms with Crippen molar-refractivity contribution in [3.05, 3.63) is 51.0 Å². The van der Waals surface area contributed by atoms with Crippen LogP contribution in [0.5, 0.6) is 11.5 Å². The molecule has 0 saturated heterocycles. The molecule has 0 radical (unpaired) electrons. The molecule has 0 aliphatic carbocycles. The molecular formula is C16H17BrClNO2. The summed E-state index contributed by atoms with van der Waals surface area (Å²) in [4.78, 5) is 0. The largest absolute Gasteiger partial charge is 0.508 e. The predicted molar refractivity (Wildman–Crippen MR) is 90.6 cm³/mol. The maximum Gasteiger partial charge on any atom is 0.156 e. The third-order valence-electron chi connectivity index (χ3n) is 3.23. The van der Waals surface area contributed by atoms with Crippen LogP contribution in [0.2, 0.25) is 5.02 Å². The summed E-state index contributed by atoms with van der Waals surface area (Å²) in [5.41, 5.74) is 2.69. The normalized spacial score (nSPS) is 12.0. The molecule has 0 bridgehead atoms. The fraction of sp³-hybridized carbons (Fsp3) is 0.250. The van der Waals surface area contributed by atoms with Gasteiger partial charge in [0.1, 0.15) is 5.75 Å². The van der Waals surface area contributed by atoms with Crippen molar-refractivity contribution < 1.29 is 9.84 Å². The van der Waals surface area contributed by atoms with Crippen molar-refractivity contribution in [1.82, 2.24) is 0 Å². The number of phenolic OH excluding ortho intramolecular Hbond substituents is 1. The van der Waals surface area contributed by atoms with Crippen molar-refractivity contribution in [3.63, 3.8) is 0 Å². The van der Waals surface area contributed by atoms with E-state index in [9.17, 15) is 5.11 Å². The van der Waals surface area contributed by atoms with Crippen molar-refractivity contribution in [3.8, 4) is 11.5 Å². The number of rotatable bonds is 4. The molecule has 2 N–H and O–H groups in total. The first-order valence-corrected chi connectivity index (χ1v) is 7.68. The van der Waals surface area contributed by atoms with Gasteiger partial charge in [0, 0.05) is 10.6 Å². The maximum atomic E-state index is 10.0. The van der Waals surface area contributed by atoms with Crippen molar-refractivity contribution in [2.75, 3.05) is 12.4 Å². The number of benzene rings is 2. The third kappa shape index (κ3) is 3.63. The summed E-state index contributed by atoms with van der Waals surface area (Å²) in [6, 6.07) is 9.02. The molecule has 0 spiro atoms. The molecule has 1 atom stereocenters. The van der Waals surface area contributed by atoms with Crippen LogP contribution in [0.15, 0.2) is 34.8 Å². The molecule has 5 heteroatoms. The molecule has 0 heterocycles. The van der Waals surface area contributed by atoms with E-state index in [1.807, 2.05) is 26.0 Å². The Bertz CT molecular complexity index is 661. The van der Waals surface area contributed by atoms with Crippen LogP contribution in [-0.4, -0.2) is 12.2 Å². The van der Waals surface area contributed by atoms with Crippen molar-refractivity contribution in [2.45, 2.75) is 19.9 Å². The number of nitrogens with one attached hydrogen (secondary N) is 1. The molecule has 0 fully saturated rings. The Kier molecular flexibility index (Phi) is 5.01. The van der Waals surface area contributed by atoms with E-state index < -0.39 is 0 Å². The van der Waals surface area contributed by atoms with Gasteiger partial charge in [-0.15, -0.1) is 0 Å². The minimum Gasteiger partial charge on any atom is -0.508 e. The molecule has 0 aliphatic rings. The summed E-state index contributed by atoms with van der Waals surface area (Å²) in [7, 11) is 1.61. The van der Waals surface area contributed by atoms with Gasteiger partial charge < -0.3 is 15.2 Å². The zero-order valence-electron chi connectivity index (χ0n) is 12.1. The first kappa shape index (κ1) is 16.0. The van der Waals surface area contributed by atoms with E-state index in [0.717, 1.165) is 21.3 Å². The molecule has 0 saturated carbocycles. The molecule has 0 amide bonds. The van der Waals surface area contributed by atoms with Crippen LogP contribution < -0.4 is 10.1 Å². The van der Waals surface area contributed by atoms with Crippen LogP contribution >= 0.6 is 27.5 Å². The Balaban J connectivity index is 2.35. The zero-order chi connectivity index (χ0) is 15.6. The number of hydrogen-bond donors (Lipinski definition) is 2. The molecule has 2 aromatic rings. The lowest BCUT2D eigenvalue weighted by Crippen LogP contribution is -2.08. The van der Waals surface area contributed by atoms with Gasteiger partial charge in [0.15, 0.2) is 5.75 Å². The first-order valence-electron chi connectivity index (χ1n) is 6.51. The number of phenols is 1. The van der Waals surface area contributed by atoms with Gasteiger partial charge in [0.2, 0.25) is 0 Å². The highest BCUT2D eigenvalue weighted by molar-refractivity contribution is 9.10. The van der Waals surface area contributed by atoms with Crippen LogP contribution in [0.25, 0.3) is 0 Å².